The van der Waals surface area contributed by atoms with Crippen LogP contribution in [0, 0.1) is 22.6 Å². The molecular formula is C12H10BrFN2O. The maximum Gasteiger partial charge on any atom is 0.244 e. The molecule has 2 rings (SSSR count). The Kier molecular flexibility index (Phi) is 3.16. The normalized spacial score (nSPS) is 16.8. The highest BCUT2D eigenvalue weighted by Gasteiger charge is 2.44. The first-order chi connectivity index (χ1) is 8.07. The summed E-state index contributed by atoms with van der Waals surface area (Å²) in [4.78, 5) is 11.9. The van der Waals surface area contributed by atoms with Crippen molar-refractivity contribution >= 4 is 27.5 Å². The highest BCUT2D eigenvalue weighted by Crippen LogP contribution is 2.41. The minimum absolute atomic E-state index is 0.307. The predicted molar refractivity (Wildman–Crippen MR) is 64.6 cm³/mol. The summed E-state index contributed by atoms with van der Waals surface area (Å²) in [5.74, 6) is -0.688. The minimum atomic E-state index is -0.895. The molecule has 0 bridgehead atoms. The first-order valence-electron chi connectivity index (χ1n) is 5.25. The molecule has 0 saturated heterocycles. The number of anilines is 1. The molecule has 5 heteroatoms. The van der Waals surface area contributed by atoms with Gasteiger partial charge in [-0.1, -0.05) is 0 Å². The number of rotatable bonds is 2. The average Bonchev–Trinajstić information content (AvgIpc) is 2.21. The molecule has 1 aliphatic carbocycles. The molecule has 0 aromatic heterocycles. The highest BCUT2D eigenvalue weighted by molar-refractivity contribution is 9.10. The van der Waals surface area contributed by atoms with Gasteiger partial charge in [0.2, 0.25) is 5.91 Å². The predicted octanol–water partition coefficient (Wildman–Crippen LogP) is 3.22. The lowest BCUT2D eigenvalue weighted by Crippen LogP contribution is -2.40. The zero-order chi connectivity index (χ0) is 12.5. The van der Waals surface area contributed by atoms with Gasteiger partial charge in [0.1, 0.15) is 11.2 Å². The van der Waals surface area contributed by atoms with E-state index in [1.807, 2.05) is 0 Å². The van der Waals surface area contributed by atoms with Crippen LogP contribution in [0.15, 0.2) is 22.7 Å². The van der Waals surface area contributed by atoms with Crippen molar-refractivity contribution in [2.45, 2.75) is 19.3 Å². The molecule has 0 atom stereocenters. The van der Waals surface area contributed by atoms with E-state index in [-0.39, 0.29) is 11.7 Å². The van der Waals surface area contributed by atoms with Gasteiger partial charge in [-0.15, -0.1) is 0 Å². The summed E-state index contributed by atoms with van der Waals surface area (Å²) >= 11 is 3.17. The van der Waals surface area contributed by atoms with Gasteiger partial charge in [-0.05, 0) is 53.4 Å². The van der Waals surface area contributed by atoms with E-state index < -0.39 is 5.41 Å². The molecule has 1 aliphatic rings. The number of halogens is 2. The lowest BCUT2D eigenvalue weighted by molar-refractivity contribution is -0.126. The van der Waals surface area contributed by atoms with E-state index >= 15 is 0 Å². The maximum atomic E-state index is 12.9. The van der Waals surface area contributed by atoms with E-state index in [0.29, 0.717) is 23.0 Å². The number of amides is 1. The molecule has 3 nitrogen and oxygen atoms in total. The first-order valence-corrected chi connectivity index (χ1v) is 6.04. The molecule has 1 aromatic carbocycles. The molecule has 0 unspecified atom stereocenters. The summed E-state index contributed by atoms with van der Waals surface area (Å²) in [6.45, 7) is 0. The van der Waals surface area contributed by atoms with Crippen LogP contribution < -0.4 is 5.32 Å². The number of nitrogens with zero attached hydrogens (tertiary/aromatic N) is 1. The Hall–Kier alpha value is -1.41. The summed E-state index contributed by atoms with van der Waals surface area (Å²) in [6, 6.07) is 6.07. The number of carbonyl (C=O) groups is 1. The first kappa shape index (κ1) is 12.1. The molecule has 88 valence electrons. The molecule has 0 radical (unpaired) electrons. The summed E-state index contributed by atoms with van der Waals surface area (Å²) in [5.41, 5.74) is -0.411. The lowest BCUT2D eigenvalue weighted by atomic mass is 9.69. The molecule has 0 spiro atoms. The van der Waals surface area contributed by atoms with Gasteiger partial charge >= 0.3 is 0 Å². The zero-order valence-corrected chi connectivity index (χ0v) is 10.6. The second-order valence-electron chi connectivity index (χ2n) is 4.13. The smallest absolute Gasteiger partial charge is 0.244 e. The van der Waals surface area contributed by atoms with Crippen LogP contribution in [0.25, 0.3) is 0 Å². The third kappa shape index (κ3) is 2.18. The Bertz CT molecular complexity index is 506. The van der Waals surface area contributed by atoms with Crippen molar-refractivity contribution in [3.8, 4) is 6.07 Å². The van der Waals surface area contributed by atoms with Gasteiger partial charge < -0.3 is 5.32 Å². The van der Waals surface area contributed by atoms with Crippen molar-refractivity contribution in [1.29, 1.82) is 5.26 Å². The van der Waals surface area contributed by atoms with Crippen molar-refractivity contribution in [3.63, 3.8) is 0 Å². The molecule has 0 aliphatic heterocycles. The molecule has 17 heavy (non-hydrogen) atoms. The Morgan fingerprint density at radius 2 is 2.24 bits per heavy atom. The van der Waals surface area contributed by atoms with Gasteiger partial charge in [0.15, 0.2) is 0 Å². The van der Waals surface area contributed by atoms with Gasteiger partial charge in [-0.25, -0.2) is 4.39 Å². The second-order valence-corrected chi connectivity index (χ2v) is 4.98. The molecule has 0 heterocycles. The number of carbonyl (C=O) groups excluding carboxylic acids is 1. The van der Waals surface area contributed by atoms with Gasteiger partial charge in [0.05, 0.1) is 11.8 Å². The number of nitriles is 1. The number of nitrogens with one attached hydrogen (secondary N) is 1. The van der Waals surface area contributed by atoms with Crippen molar-refractivity contribution < 1.29 is 9.18 Å². The van der Waals surface area contributed by atoms with Crippen LogP contribution >= 0.6 is 15.9 Å². The topological polar surface area (TPSA) is 52.9 Å². The average molecular weight is 297 g/mol. The Labute approximate surface area is 107 Å². The molecule has 1 N–H and O–H groups in total. The lowest BCUT2D eigenvalue weighted by Gasteiger charge is -2.33. The van der Waals surface area contributed by atoms with Crippen LogP contribution in [0.1, 0.15) is 19.3 Å². The fourth-order valence-corrected chi connectivity index (χ4v) is 2.20. The number of hydrogen-bond donors (Lipinski definition) is 1. The van der Waals surface area contributed by atoms with Crippen LogP contribution in [0.4, 0.5) is 10.1 Å². The Morgan fingerprint density at radius 3 is 2.71 bits per heavy atom. The van der Waals surface area contributed by atoms with Gasteiger partial charge in [-0.3, -0.25) is 4.79 Å². The van der Waals surface area contributed by atoms with E-state index in [1.54, 1.807) is 0 Å². The monoisotopic (exact) mass is 296 g/mol. The van der Waals surface area contributed by atoms with E-state index in [4.69, 9.17) is 5.26 Å². The fraction of sp³-hybridized carbons (Fsp3) is 0.333. The number of hydrogen-bond acceptors (Lipinski definition) is 2. The van der Waals surface area contributed by atoms with Crippen LogP contribution in [0.3, 0.4) is 0 Å². The molecule has 1 fully saturated rings. The Balaban J connectivity index is 2.16. The minimum Gasteiger partial charge on any atom is -0.324 e. The van der Waals surface area contributed by atoms with Crippen LogP contribution in [-0.2, 0) is 4.79 Å². The molecule has 1 amide bonds. The molecule has 1 saturated carbocycles. The standard InChI is InChI=1S/C12H10BrFN2O/c13-9-6-8(14)2-3-10(9)16-11(17)12(7-15)4-1-5-12/h2-3,6H,1,4-5H2,(H,16,17). The molecule has 1 aromatic rings. The molecular weight excluding hydrogens is 287 g/mol. The Morgan fingerprint density at radius 1 is 1.53 bits per heavy atom. The largest absolute Gasteiger partial charge is 0.324 e. The maximum absolute atomic E-state index is 12.9. The third-order valence-electron chi connectivity index (χ3n) is 3.04. The summed E-state index contributed by atoms with van der Waals surface area (Å²) in [7, 11) is 0. The van der Waals surface area contributed by atoms with Crippen LogP contribution in [0.5, 0.6) is 0 Å². The van der Waals surface area contributed by atoms with Crippen molar-refractivity contribution in [1.82, 2.24) is 0 Å². The van der Waals surface area contributed by atoms with Crippen molar-refractivity contribution in [2.24, 2.45) is 5.41 Å². The SMILES string of the molecule is N#CC1(C(=O)Nc2ccc(F)cc2Br)CCC1. The van der Waals surface area contributed by atoms with Crippen LogP contribution in [-0.4, -0.2) is 5.91 Å². The zero-order valence-electron chi connectivity index (χ0n) is 8.96. The van der Waals surface area contributed by atoms with Gasteiger partial charge in [0, 0.05) is 4.47 Å². The van der Waals surface area contributed by atoms with Crippen molar-refractivity contribution in [2.75, 3.05) is 5.32 Å². The van der Waals surface area contributed by atoms with E-state index in [1.165, 1.54) is 18.2 Å². The highest BCUT2D eigenvalue weighted by atomic mass is 79.9. The van der Waals surface area contributed by atoms with Gasteiger partial charge in [0.25, 0.3) is 0 Å². The third-order valence-corrected chi connectivity index (χ3v) is 3.69. The van der Waals surface area contributed by atoms with E-state index in [2.05, 4.69) is 27.3 Å². The fourth-order valence-electron chi connectivity index (χ4n) is 1.75. The van der Waals surface area contributed by atoms with E-state index in [0.717, 1.165) is 6.42 Å². The quantitative estimate of drug-likeness (QED) is 0.911. The van der Waals surface area contributed by atoms with E-state index in [9.17, 15) is 9.18 Å². The second kappa shape index (κ2) is 4.46. The summed E-state index contributed by atoms with van der Waals surface area (Å²) < 4.78 is 13.3. The van der Waals surface area contributed by atoms with Gasteiger partial charge in [-0.2, -0.15) is 5.26 Å². The van der Waals surface area contributed by atoms with Crippen LogP contribution in [0.2, 0.25) is 0 Å². The van der Waals surface area contributed by atoms with Crippen molar-refractivity contribution in [3.05, 3.63) is 28.5 Å². The summed E-state index contributed by atoms with van der Waals surface area (Å²) in [6.07, 6.45) is 2.08. The number of benzene rings is 1. The summed E-state index contributed by atoms with van der Waals surface area (Å²) in [5, 5.41) is 11.7.